The number of carbonyl (C=O) groups is 1. The number of rotatable bonds is 4. The minimum atomic E-state index is -0.873. The van der Waals surface area contributed by atoms with E-state index in [2.05, 4.69) is 17.1 Å². The average Bonchev–Trinajstić information content (AvgIpc) is 2.64. The third-order valence-electron chi connectivity index (χ3n) is 3.75. The Bertz CT molecular complexity index is 434. The van der Waals surface area contributed by atoms with E-state index < -0.39 is 5.97 Å². The molecule has 1 heterocycles. The zero-order valence-electron chi connectivity index (χ0n) is 11.4. The first-order valence-corrected chi connectivity index (χ1v) is 7.01. The van der Waals surface area contributed by atoms with Crippen molar-refractivity contribution in [3.8, 4) is 0 Å². The van der Waals surface area contributed by atoms with Crippen molar-refractivity contribution >= 4 is 11.7 Å². The molecule has 0 bridgehead atoms. The van der Waals surface area contributed by atoms with E-state index in [4.69, 9.17) is 5.11 Å². The maximum atomic E-state index is 10.9. The fourth-order valence-corrected chi connectivity index (χ4v) is 2.59. The number of hydrogen-bond donors (Lipinski definition) is 2. The largest absolute Gasteiger partial charge is 0.478 e. The van der Waals surface area contributed by atoms with Crippen LogP contribution in [0.5, 0.6) is 0 Å². The van der Waals surface area contributed by atoms with Gasteiger partial charge >= 0.3 is 5.97 Å². The summed E-state index contributed by atoms with van der Waals surface area (Å²) in [6.45, 7) is 5.60. The van der Waals surface area contributed by atoms with Crippen molar-refractivity contribution in [3.05, 3.63) is 29.8 Å². The number of anilines is 1. The van der Waals surface area contributed by atoms with Gasteiger partial charge in [-0.15, -0.1) is 0 Å². The highest BCUT2D eigenvalue weighted by Crippen LogP contribution is 2.18. The number of benzene rings is 1. The first-order chi connectivity index (χ1) is 9.19. The highest BCUT2D eigenvalue weighted by molar-refractivity contribution is 5.88. The second-order valence-electron chi connectivity index (χ2n) is 5.09. The number of nitrogens with zero attached hydrogens (tertiary/aromatic N) is 1. The molecule has 4 nitrogen and oxygen atoms in total. The molecule has 0 radical (unpaired) electrons. The molecule has 2 rings (SSSR count). The van der Waals surface area contributed by atoms with Crippen molar-refractivity contribution in [2.45, 2.75) is 32.2 Å². The van der Waals surface area contributed by atoms with E-state index in [1.165, 1.54) is 13.0 Å². The lowest BCUT2D eigenvalue weighted by molar-refractivity contribution is 0.0697. The van der Waals surface area contributed by atoms with Gasteiger partial charge in [0.15, 0.2) is 0 Å². The van der Waals surface area contributed by atoms with E-state index in [1.807, 2.05) is 6.07 Å². The number of carboxylic acids is 1. The van der Waals surface area contributed by atoms with Crippen molar-refractivity contribution in [1.82, 2.24) is 4.90 Å². The molecule has 1 aliphatic rings. The van der Waals surface area contributed by atoms with Crippen LogP contribution in [0.4, 0.5) is 5.69 Å². The Morgan fingerprint density at radius 3 is 3.00 bits per heavy atom. The molecular weight excluding hydrogens is 240 g/mol. The molecule has 2 N–H and O–H groups in total. The number of aromatic carboxylic acids is 1. The van der Waals surface area contributed by atoms with Crippen molar-refractivity contribution in [2.75, 3.05) is 25.0 Å². The first kappa shape index (κ1) is 13.9. The topological polar surface area (TPSA) is 52.6 Å². The van der Waals surface area contributed by atoms with Gasteiger partial charge in [0.05, 0.1) is 5.56 Å². The standard InChI is InChI=1S/C15H22N2O2/c1-2-17-9-4-7-13(8-10-17)16-14-6-3-5-12(11-14)15(18)19/h3,5-6,11,13,16H,2,4,7-10H2,1H3,(H,18,19). The molecule has 0 aromatic heterocycles. The number of nitrogens with one attached hydrogen (secondary N) is 1. The second-order valence-corrected chi connectivity index (χ2v) is 5.09. The fraction of sp³-hybridized carbons (Fsp3) is 0.533. The summed E-state index contributed by atoms with van der Waals surface area (Å²) in [5.41, 5.74) is 1.25. The molecule has 1 saturated heterocycles. The zero-order chi connectivity index (χ0) is 13.7. The Balaban J connectivity index is 1.97. The average molecular weight is 262 g/mol. The Kier molecular flexibility index (Phi) is 4.80. The van der Waals surface area contributed by atoms with Crippen LogP contribution in [0.1, 0.15) is 36.5 Å². The smallest absolute Gasteiger partial charge is 0.335 e. The normalized spacial score (nSPS) is 20.8. The lowest BCUT2D eigenvalue weighted by Gasteiger charge is -2.19. The summed E-state index contributed by atoms with van der Waals surface area (Å²) in [5, 5.41) is 12.5. The van der Waals surface area contributed by atoms with Crippen LogP contribution < -0.4 is 5.32 Å². The van der Waals surface area contributed by atoms with Gasteiger partial charge in [-0.3, -0.25) is 0 Å². The maximum Gasteiger partial charge on any atom is 0.335 e. The van der Waals surface area contributed by atoms with Crippen LogP contribution in [-0.4, -0.2) is 41.7 Å². The highest BCUT2D eigenvalue weighted by atomic mass is 16.4. The van der Waals surface area contributed by atoms with Gasteiger partial charge in [0.2, 0.25) is 0 Å². The van der Waals surface area contributed by atoms with E-state index in [0.717, 1.165) is 31.6 Å². The Morgan fingerprint density at radius 2 is 2.26 bits per heavy atom. The van der Waals surface area contributed by atoms with Crippen LogP contribution >= 0.6 is 0 Å². The Morgan fingerprint density at radius 1 is 1.42 bits per heavy atom. The quantitative estimate of drug-likeness (QED) is 0.876. The summed E-state index contributed by atoms with van der Waals surface area (Å²) in [5.74, 6) is -0.873. The van der Waals surface area contributed by atoms with Crippen molar-refractivity contribution in [3.63, 3.8) is 0 Å². The third-order valence-corrected chi connectivity index (χ3v) is 3.75. The van der Waals surface area contributed by atoms with Crippen molar-refractivity contribution in [1.29, 1.82) is 0 Å². The van der Waals surface area contributed by atoms with Gasteiger partial charge in [0, 0.05) is 18.3 Å². The van der Waals surface area contributed by atoms with Crippen LogP contribution in [0.15, 0.2) is 24.3 Å². The predicted octanol–water partition coefficient (Wildman–Crippen LogP) is 2.67. The minimum Gasteiger partial charge on any atom is -0.478 e. The number of carboxylic acid groups (broad SMARTS) is 1. The van der Waals surface area contributed by atoms with Crippen molar-refractivity contribution in [2.24, 2.45) is 0 Å². The van der Waals surface area contributed by atoms with Gasteiger partial charge in [-0.1, -0.05) is 13.0 Å². The van der Waals surface area contributed by atoms with Gasteiger partial charge in [-0.05, 0) is 50.6 Å². The summed E-state index contributed by atoms with van der Waals surface area (Å²) in [6, 6.07) is 7.51. The molecule has 1 aromatic carbocycles. The molecule has 1 unspecified atom stereocenters. The maximum absolute atomic E-state index is 10.9. The van der Waals surface area contributed by atoms with E-state index in [1.54, 1.807) is 18.2 Å². The van der Waals surface area contributed by atoms with E-state index in [-0.39, 0.29) is 0 Å². The lowest BCUT2D eigenvalue weighted by Crippen LogP contribution is -2.26. The van der Waals surface area contributed by atoms with Crippen LogP contribution in [0.2, 0.25) is 0 Å². The summed E-state index contributed by atoms with van der Waals surface area (Å²) in [4.78, 5) is 13.4. The minimum absolute atomic E-state index is 0.341. The summed E-state index contributed by atoms with van der Waals surface area (Å²) >= 11 is 0. The van der Waals surface area contributed by atoms with E-state index >= 15 is 0 Å². The Hall–Kier alpha value is -1.55. The number of likely N-dealkylation sites (tertiary alicyclic amines) is 1. The van der Waals surface area contributed by atoms with Crippen LogP contribution in [0.25, 0.3) is 0 Å². The molecule has 0 aliphatic carbocycles. The van der Waals surface area contributed by atoms with E-state index in [0.29, 0.717) is 11.6 Å². The monoisotopic (exact) mass is 262 g/mol. The molecular formula is C15H22N2O2. The second kappa shape index (κ2) is 6.57. The van der Waals surface area contributed by atoms with Gasteiger partial charge in [-0.25, -0.2) is 4.79 Å². The lowest BCUT2D eigenvalue weighted by atomic mass is 10.1. The van der Waals surface area contributed by atoms with Gasteiger partial charge in [-0.2, -0.15) is 0 Å². The summed E-state index contributed by atoms with van der Waals surface area (Å²) < 4.78 is 0. The van der Waals surface area contributed by atoms with Crippen LogP contribution in [0.3, 0.4) is 0 Å². The van der Waals surface area contributed by atoms with E-state index in [9.17, 15) is 4.79 Å². The molecule has 0 spiro atoms. The van der Waals surface area contributed by atoms with Crippen LogP contribution in [0, 0.1) is 0 Å². The first-order valence-electron chi connectivity index (χ1n) is 7.01. The molecule has 104 valence electrons. The molecule has 4 heteroatoms. The molecule has 1 fully saturated rings. The van der Waals surface area contributed by atoms with Gasteiger partial charge < -0.3 is 15.3 Å². The molecule has 1 aromatic rings. The SMILES string of the molecule is CCN1CCCC(Nc2cccc(C(=O)O)c2)CC1. The molecule has 1 atom stereocenters. The predicted molar refractivity (Wildman–Crippen MR) is 76.8 cm³/mol. The summed E-state index contributed by atoms with van der Waals surface area (Å²) in [6.07, 6.45) is 3.46. The third kappa shape index (κ3) is 3.96. The number of hydrogen-bond acceptors (Lipinski definition) is 3. The molecule has 0 amide bonds. The van der Waals surface area contributed by atoms with Gasteiger partial charge in [0.25, 0.3) is 0 Å². The molecule has 1 aliphatic heterocycles. The summed E-state index contributed by atoms with van der Waals surface area (Å²) in [7, 11) is 0. The highest BCUT2D eigenvalue weighted by Gasteiger charge is 2.16. The van der Waals surface area contributed by atoms with Crippen LogP contribution in [-0.2, 0) is 0 Å². The molecule has 0 saturated carbocycles. The van der Waals surface area contributed by atoms with Crippen molar-refractivity contribution < 1.29 is 9.90 Å². The zero-order valence-corrected chi connectivity index (χ0v) is 11.4. The Labute approximate surface area is 114 Å². The van der Waals surface area contributed by atoms with Gasteiger partial charge in [0.1, 0.15) is 0 Å². The molecule has 19 heavy (non-hydrogen) atoms. The fourth-order valence-electron chi connectivity index (χ4n) is 2.59.